The van der Waals surface area contributed by atoms with E-state index in [1.807, 2.05) is 37.3 Å². The summed E-state index contributed by atoms with van der Waals surface area (Å²) in [6.45, 7) is 1.86. The van der Waals surface area contributed by atoms with E-state index >= 15 is 0 Å². The summed E-state index contributed by atoms with van der Waals surface area (Å²) in [5.41, 5.74) is 0.853. The Bertz CT molecular complexity index is 854. The second kappa shape index (κ2) is 5.55. The Kier molecular flexibility index (Phi) is 3.75. The van der Waals surface area contributed by atoms with Crippen LogP contribution in [0.2, 0.25) is 0 Å². The number of benzene rings is 1. The second-order valence-corrected chi connectivity index (χ2v) is 8.21. The maximum atomic E-state index is 12.2. The number of sulfonamides is 1. The molecule has 1 aromatic carbocycles. The van der Waals surface area contributed by atoms with E-state index in [-0.39, 0.29) is 9.34 Å². The van der Waals surface area contributed by atoms with Crippen molar-refractivity contribution in [1.29, 1.82) is 0 Å². The molecule has 3 rings (SSSR count). The van der Waals surface area contributed by atoms with Gasteiger partial charge in [0.05, 0.1) is 0 Å². The van der Waals surface area contributed by atoms with Crippen LogP contribution in [-0.2, 0) is 10.0 Å². The van der Waals surface area contributed by atoms with E-state index in [9.17, 15) is 8.42 Å². The van der Waals surface area contributed by atoms with Gasteiger partial charge in [0.25, 0.3) is 10.0 Å². The number of aryl methyl sites for hydroxylation is 1. The van der Waals surface area contributed by atoms with Crippen LogP contribution < -0.4 is 4.72 Å². The normalized spacial score (nSPS) is 11.5. The molecule has 0 bridgehead atoms. The molecule has 108 valence electrons. The van der Waals surface area contributed by atoms with E-state index < -0.39 is 10.0 Å². The van der Waals surface area contributed by atoms with Crippen LogP contribution in [-0.4, -0.2) is 17.8 Å². The molecule has 2 aromatic heterocycles. The predicted molar refractivity (Wildman–Crippen MR) is 85.2 cm³/mol. The highest BCUT2D eigenvalue weighted by Gasteiger charge is 2.18. The summed E-state index contributed by atoms with van der Waals surface area (Å²) in [4.78, 5) is 5.16. The molecular formula is C13H11N3O2S3. The third-order valence-electron chi connectivity index (χ3n) is 2.66. The average molecular weight is 337 g/mol. The summed E-state index contributed by atoms with van der Waals surface area (Å²) in [5, 5.41) is 0.264. The number of nitrogens with one attached hydrogen (secondary N) is 1. The molecule has 0 saturated heterocycles. The van der Waals surface area contributed by atoms with Gasteiger partial charge >= 0.3 is 0 Å². The molecule has 21 heavy (non-hydrogen) atoms. The Morgan fingerprint density at radius 2 is 1.86 bits per heavy atom. The minimum atomic E-state index is -3.58. The zero-order chi connectivity index (χ0) is 14.9. The van der Waals surface area contributed by atoms with Crippen molar-refractivity contribution in [3.05, 3.63) is 47.3 Å². The molecule has 2 heterocycles. The smallest absolute Gasteiger partial charge is 0.253 e. The van der Waals surface area contributed by atoms with Crippen LogP contribution >= 0.6 is 22.9 Å². The Hall–Kier alpha value is -1.77. The fourth-order valence-corrected chi connectivity index (χ4v) is 4.79. The molecule has 0 saturated carbocycles. The molecule has 0 fully saturated rings. The maximum Gasteiger partial charge on any atom is 0.273 e. The number of hydrogen-bond acceptors (Lipinski definition) is 6. The van der Waals surface area contributed by atoms with E-state index in [2.05, 4.69) is 14.1 Å². The monoisotopic (exact) mass is 337 g/mol. The van der Waals surface area contributed by atoms with Crippen LogP contribution in [0.3, 0.4) is 0 Å². The van der Waals surface area contributed by atoms with Crippen LogP contribution in [0.4, 0.5) is 5.13 Å². The lowest BCUT2D eigenvalue weighted by Crippen LogP contribution is -2.11. The first kappa shape index (κ1) is 14.2. The van der Waals surface area contributed by atoms with Crippen LogP contribution in [0.25, 0.3) is 11.4 Å². The Labute approximate surface area is 130 Å². The standard InChI is InChI=1S/C13H11N3O2S3/c1-9-7-8-11(19-9)21(17,18)16-13-14-12(15-20-13)10-5-3-2-4-6-10/h2-8H,1H3,(H,14,15,16). The molecule has 0 aliphatic rings. The maximum absolute atomic E-state index is 12.2. The number of rotatable bonds is 4. The first-order valence-corrected chi connectivity index (χ1v) is 9.10. The fraction of sp³-hybridized carbons (Fsp3) is 0.0769. The van der Waals surface area contributed by atoms with Gasteiger partial charge in [-0.1, -0.05) is 30.3 Å². The highest BCUT2D eigenvalue weighted by molar-refractivity contribution is 7.94. The van der Waals surface area contributed by atoms with Crippen LogP contribution in [0.1, 0.15) is 4.88 Å². The minimum Gasteiger partial charge on any atom is -0.253 e. The lowest BCUT2D eigenvalue weighted by atomic mass is 10.2. The molecule has 0 spiro atoms. The van der Waals surface area contributed by atoms with Crippen molar-refractivity contribution >= 4 is 38.0 Å². The number of thiophene rings is 1. The third kappa shape index (κ3) is 3.12. The largest absolute Gasteiger partial charge is 0.273 e. The summed E-state index contributed by atoms with van der Waals surface area (Å²) >= 11 is 2.25. The summed E-state index contributed by atoms with van der Waals surface area (Å²) in [6, 6.07) is 12.8. The SMILES string of the molecule is Cc1ccc(S(=O)(=O)Nc2nc(-c3ccccc3)ns2)s1. The minimum absolute atomic E-state index is 0.264. The van der Waals surface area contributed by atoms with Crippen molar-refractivity contribution in [2.75, 3.05) is 4.72 Å². The van der Waals surface area contributed by atoms with Crippen molar-refractivity contribution in [1.82, 2.24) is 9.36 Å². The van der Waals surface area contributed by atoms with E-state index in [0.29, 0.717) is 5.82 Å². The number of anilines is 1. The van der Waals surface area contributed by atoms with E-state index in [1.165, 1.54) is 11.3 Å². The van der Waals surface area contributed by atoms with Crippen molar-refractivity contribution in [2.24, 2.45) is 0 Å². The zero-order valence-corrected chi connectivity index (χ0v) is 13.4. The quantitative estimate of drug-likeness (QED) is 0.792. The molecule has 0 amide bonds. The second-order valence-electron chi connectivity index (χ2n) is 4.26. The summed E-state index contributed by atoms with van der Waals surface area (Å²) < 4.78 is 31.3. The van der Waals surface area contributed by atoms with Crippen molar-refractivity contribution in [3.63, 3.8) is 0 Å². The molecule has 0 unspecified atom stereocenters. The lowest BCUT2D eigenvalue weighted by molar-refractivity contribution is 0.603. The zero-order valence-electron chi connectivity index (χ0n) is 11.0. The van der Waals surface area contributed by atoms with Crippen molar-refractivity contribution in [2.45, 2.75) is 11.1 Å². The van der Waals surface area contributed by atoms with Gasteiger partial charge in [-0.3, -0.25) is 4.72 Å². The number of hydrogen-bond donors (Lipinski definition) is 1. The average Bonchev–Trinajstić information content (AvgIpc) is 3.09. The van der Waals surface area contributed by atoms with Gasteiger partial charge in [0.2, 0.25) is 5.13 Å². The van der Waals surface area contributed by atoms with E-state index in [0.717, 1.165) is 22.0 Å². The van der Waals surface area contributed by atoms with Gasteiger partial charge in [-0.25, -0.2) is 8.42 Å². The van der Waals surface area contributed by atoms with E-state index in [1.54, 1.807) is 12.1 Å². The number of aromatic nitrogens is 2. The topological polar surface area (TPSA) is 72.0 Å². The van der Waals surface area contributed by atoms with Crippen LogP contribution in [0.5, 0.6) is 0 Å². The molecule has 0 aliphatic heterocycles. The highest BCUT2D eigenvalue weighted by Crippen LogP contribution is 2.26. The third-order valence-corrected chi connectivity index (χ3v) is 6.25. The van der Waals surface area contributed by atoms with Gasteiger partial charge in [0, 0.05) is 22.0 Å². The van der Waals surface area contributed by atoms with Crippen LogP contribution in [0, 0.1) is 6.92 Å². The molecule has 0 radical (unpaired) electrons. The van der Waals surface area contributed by atoms with Gasteiger partial charge in [0.1, 0.15) is 4.21 Å². The molecule has 3 aromatic rings. The molecule has 5 nitrogen and oxygen atoms in total. The Balaban J connectivity index is 1.85. The van der Waals surface area contributed by atoms with Gasteiger partial charge in [-0.2, -0.15) is 9.36 Å². The fourth-order valence-electron chi connectivity index (χ4n) is 1.69. The van der Waals surface area contributed by atoms with Gasteiger partial charge in [0.15, 0.2) is 5.82 Å². The summed E-state index contributed by atoms with van der Waals surface area (Å²) in [6.07, 6.45) is 0. The highest BCUT2D eigenvalue weighted by atomic mass is 32.2. The van der Waals surface area contributed by atoms with Gasteiger partial charge in [-0.15, -0.1) is 11.3 Å². The predicted octanol–water partition coefficient (Wildman–Crippen LogP) is 3.38. The Morgan fingerprint density at radius 3 is 2.52 bits per heavy atom. The first-order chi connectivity index (χ1) is 10.0. The number of nitrogens with zero attached hydrogens (tertiary/aromatic N) is 2. The van der Waals surface area contributed by atoms with Crippen molar-refractivity contribution in [3.8, 4) is 11.4 Å². The molecule has 8 heteroatoms. The summed E-state index contributed by atoms with van der Waals surface area (Å²) in [5.74, 6) is 0.515. The summed E-state index contributed by atoms with van der Waals surface area (Å²) in [7, 11) is -3.58. The molecule has 0 aliphatic carbocycles. The molecular weight excluding hydrogens is 326 g/mol. The molecule has 0 atom stereocenters. The van der Waals surface area contributed by atoms with Crippen LogP contribution in [0.15, 0.2) is 46.7 Å². The van der Waals surface area contributed by atoms with E-state index in [4.69, 9.17) is 0 Å². The first-order valence-electron chi connectivity index (χ1n) is 6.03. The molecule has 1 N–H and O–H groups in total. The van der Waals surface area contributed by atoms with Gasteiger partial charge < -0.3 is 0 Å². The van der Waals surface area contributed by atoms with Gasteiger partial charge in [-0.05, 0) is 19.1 Å². The lowest BCUT2D eigenvalue weighted by Gasteiger charge is -2.00. The Morgan fingerprint density at radius 1 is 1.10 bits per heavy atom. The van der Waals surface area contributed by atoms with Crippen molar-refractivity contribution < 1.29 is 8.42 Å².